The first-order valence-corrected chi connectivity index (χ1v) is 6.46. The third-order valence-corrected chi connectivity index (χ3v) is 2.96. The van der Waals surface area contributed by atoms with Crippen molar-refractivity contribution in [3.05, 3.63) is 28.5 Å². The molecule has 104 valence electrons. The zero-order chi connectivity index (χ0) is 14.6. The second-order valence-corrected chi connectivity index (χ2v) is 6.00. The molecule has 0 aromatic heterocycles. The molecule has 0 radical (unpaired) electrons. The highest BCUT2D eigenvalue weighted by Gasteiger charge is 2.25. The van der Waals surface area contributed by atoms with Crippen LogP contribution in [0.5, 0.6) is 0 Å². The standard InChI is InChI=1S/C13H15BrFNO3/c1-13(2,7-12(18)19)6-11(17)16-10-5-8(14)3-4-9(10)15/h3-5H,6-7H2,1-2H3,(H,16,17)(H,18,19). The van der Waals surface area contributed by atoms with Crippen molar-refractivity contribution in [2.24, 2.45) is 5.41 Å². The number of carbonyl (C=O) groups excluding carboxylic acids is 1. The van der Waals surface area contributed by atoms with Crippen molar-refractivity contribution in [1.29, 1.82) is 0 Å². The van der Waals surface area contributed by atoms with Crippen molar-refractivity contribution >= 4 is 33.5 Å². The summed E-state index contributed by atoms with van der Waals surface area (Å²) in [6, 6.07) is 4.22. The topological polar surface area (TPSA) is 66.4 Å². The highest BCUT2D eigenvalue weighted by atomic mass is 79.9. The fourth-order valence-corrected chi connectivity index (χ4v) is 2.06. The summed E-state index contributed by atoms with van der Waals surface area (Å²) in [6.07, 6.45) is -0.118. The van der Waals surface area contributed by atoms with E-state index in [1.54, 1.807) is 13.8 Å². The van der Waals surface area contributed by atoms with Crippen molar-refractivity contribution < 1.29 is 19.1 Å². The molecule has 0 aliphatic carbocycles. The zero-order valence-electron chi connectivity index (χ0n) is 10.7. The Kier molecular flexibility index (Phi) is 5.05. The summed E-state index contributed by atoms with van der Waals surface area (Å²) in [5.41, 5.74) is -0.608. The predicted octanol–water partition coefficient (Wildman–Crippen LogP) is 3.42. The highest BCUT2D eigenvalue weighted by Crippen LogP contribution is 2.26. The van der Waals surface area contributed by atoms with E-state index in [9.17, 15) is 14.0 Å². The Labute approximate surface area is 119 Å². The molecule has 0 spiro atoms. The van der Waals surface area contributed by atoms with Gasteiger partial charge in [-0.2, -0.15) is 0 Å². The lowest BCUT2D eigenvalue weighted by molar-refractivity contribution is -0.139. The summed E-state index contributed by atoms with van der Waals surface area (Å²) in [5, 5.41) is 11.2. The van der Waals surface area contributed by atoms with E-state index >= 15 is 0 Å². The van der Waals surface area contributed by atoms with Gasteiger partial charge in [-0.25, -0.2) is 4.39 Å². The van der Waals surface area contributed by atoms with Gasteiger partial charge >= 0.3 is 5.97 Å². The molecule has 0 aliphatic heterocycles. The summed E-state index contributed by atoms with van der Waals surface area (Å²) in [6.45, 7) is 3.36. The van der Waals surface area contributed by atoms with Gasteiger partial charge < -0.3 is 10.4 Å². The van der Waals surface area contributed by atoms with Crippen molar-refractivity contribution in [1.82, 2.24) is 0 Å². The van der Waals surface area contributed by atoms with Crippen LogP contribution in [0.2, 0.25) is 0 Å². The first-order chi connectivity index (χ1) is 8.69. The number of hydrogen-bond donors (Lipinski definition) is 2. The number of hydrogen-bond acceptors (Lipinski definition) is 2. The molecular formula is C13H15BrFNO3. The van der Waals surface area contributed by atoms with Crippen LogP contribution in [0.1, 0.15) is 26.7 Å². The molecule has 19 heavy (non-hydrogen) atoms. The maximum absolute atomic E-state index is 13.4. The van der Waals surface area contributed by atoms with Gasteiger partial charge in [-0.05, 0) is 23.6 Å². The lowest BCUT2D eigenvalue weighted by atomic mass is 9.85. The van der Waals surface area contributed by atoms with Crippen LogP contribution >= 0.6 is 15.9 Å². The molecule has 1 amide bonds. The van der Waals surface area contributed by atoms with Crippen LogP contribution in [0.4, 0.5) is 10.1 Å². The molecule has 4 nitrogen and oxygen atoms in total. The first kappa shape index (κ1) is 15.6. The third-order valence-electron chi connectivity index (χ3n) is 2.47. The maximum atomic E-state index is 13.4. The summed E-state index contributed by atoms with van der Waals surface area (Å²) in [4.78, 5) is 22.4. The Morgan fingerprint density at radius 1 is 1.37 bits per heavy atom. The van der Waals surface area contributed by atoms with Crippen molar-refractivity contribution in [2.45, 2.75) is 26.7 Å². The van der Waals surface area contributed by atoms with Crippen LogP contribution < -0.4 is 5.32 Å². The molecule has 0 unspecified atom stereocenters. The fraction of sp³-hybridized carbons (Fsp3) is 0.385. The molecule has 6 heteroatoms. The number of carbonyl (C=O) groups is 2. The zero-order valence-corrected chi connectivity index (χ0v) is 12.3. The number of anilines is 1. The molecule has 0 bridgehead atoms. The molecule has 0 saturated carbocycles. The Bertz CT molecular complexity index is 503. The van der Waals surface area contributed by atoms with E-state index in [-0.39, 0.29) is 18.5 Å². The van der Waals surface area contributed by atoms with Gasteiger partial charge in [0.2, 0.25) is 5.91 Å². The summed E-state index contributed by atoms with van der Waals surface area (Å²) in [7, 11) is 0. The Morgan fingerprint density at radius 2 is 2.00 bits per heavy atom. The molecule has 1 aromatic rings. The number of nitrogens with one attached hydrogen (secondary N) is 1. The van der Waals surface area contributed by atoms with Crippen LogP contribution in [0.15, 0.2) is 22.7 Å². The number of aliphatic carboxylic acids is 1. The van der Waals surface area contributed by atoms with Crippen LogP contribution in [-0.4, -0.2) is 17.0 Å². The Hall–Kier alpha value is -1.43. The van der Waals surface area contributed by atoms with E-state index in [4.69, 9.17) is 5.11 Å². The smallest absolute Gasteiger partial charge is 0.303 e. The van der Waals surface area contributed by atoms with Gasteiger partial charge in [-0.3, -0.25) is 9.59 Å². The number of benzene rings is 1. The van der Waals surface area contributed by atoms with E-state index in [1.165, 1.54) is 18.2 Å². The lowest BCUT2D eigenvalue weighted by Gasteiger charge is -2.21. The Morgan fingerprint density at radius 3 is 2.58 bits per heavy atom. The fourth-order valence-electron chi connectivity index (χ4n) is 1.69. The maximum Gasteiger partial charge on any atom is 0.303 e. The molecule has 0 heterocycles. The first-order valence-electron chi connectivity index (χ1n) is 5.66. The molecule has 1 rings (SSSR count). The van der Waals surface area contributed by atoms with Gasteiger partial charge in [0.05, 0.1) is 12.1 Å². The SMILES string of the molecule is CC(C)(CC(=O)O)CC(=O)Nc1cc(Br)ccc1F. The minimum absolute atomic E-state index is 0.00521. The van der Waals surface area contributed by atoms with Gasteiger partial charge in [0.15, 0.2) is 0 Å². The van der Waals surface area contributed by atoms with E-state index in [1.807, 2.05) is 0 Å². The average Bonchev–Trinajstić information content (AvgIpc) is 2.20. The van der Waals surface area contributed by atoms with E-state index < -0.39 is 23.1 Å². The Balaban J connectivity index is 2.70. The number of halogens is 2. The predicted molar refractivity (Wildman–Crippen MR) is 73.4 cm³/mol. The van der Waals surface area contributed by atoms with Gasteiger partial charge in [-0.1, -0.05) is 29.8 Å². The molecule has 2 N–H and O–H groups in total. The van der Waals surface area contributed by atoms with Crippen LogP contribution in [-0.2, 0) is 9.59 Å². The number of carboxylic acids is 1. The second kappa shape index (κ2) is 6.14. The molecule has 0 aliphatic rings. The van der Waals surface area contributed by atoms with E-state index in [0.717, 1.165) is 0 Å². The number of carboxylic acid groups (broad SMARTS) is 1. The monoisotopic (exact) mass is 331 g/mol. The number of rotatable bonds is 5. The van der Waals surface area contributed by atoms with Gasteiger partial charge in [0, 0.05) is 10.9 Å². The van der Waals surface area contributed by atoms with Gasteiger partial charge in [-0.15, -0.1) is 0 Å². The van der Waals surface area contributed by atoms with Crippen molar-refractivity contribution in [2.75, 3.05) is 5.32 Å². The molecule has 0 fully saturated rings. The molecule has 0 saturated heterocycles. The van der Waals surface area contributed by atoms with Crippen LogP contribution in [0.3, 0.4) is 0 Å². The van der Waals surface area contributed by atoms with Crippen molar-refractivity contribution in [3.63, 3.8) is 0 Å². The van der Waals surface area contributed by atoms with E-state index in [2.05, 4.69) is 21.2 Å². The third kappa shape index (κ3) is 5.38. The lowest BCUT2D eigenvalue weighted by Crippen LogP contribution is -2.25. The minimum Gasteiger partial charge on any atom is -0.481 e. The quantitative estimate of drug-likeness (QED) is 0.868. The van der Waals surface area contributed by atoms with E-state index in [0.29, 0.717) is 4.47 Å². The molecule has 0 atom stereocenters. The normalized spacial score (nSPS) is 11.2. The van der Waals surface area contributed by atoms with Crippen molar-refractivity contribution in [3.8, 4) is 0 Å². The summed E-state index contributed by atoms with van der Waals surface area (Å²) >= 11 is 3.18. The minimum atomic E-state index is -0.966. The highest BCUT2D eigenvalue weighted by molar-refractivity contribution is 9.10. The largest absolute Gasteiger partial charge is 0.481 e. The van der Waals surface area contributed by atoms with Gasteiger partial charge in [0.1, 0.15) is 5.82 Å². The van der Waals surface area contributed by atoms with Gasteiger partial charge in [0.25, 0.3) is 0 Å². The van der Waals surface area contributed by atoms with Crippen LogP contribution in [0, 0.1) is 11.2 Å². The second-order valence-electron chi connectivity index (χ2n) is 5.08. The molecule has 1 aromatic carbocycles. The number of amides is 1. The van der Waals surface area contributed by atoms with Crippen LogP contribution in [0.25, 0.3) is 0 Å². The summed E-state index contributed by atoms with van der Waals surface area (Å²) < 4.78 is 14.1. The molecular weight excluding hydrogens is 317 g/mol. The summed E-state index contributed by atoms with van der Waals surface area (Å²) in [5.74, 6) is -1.91. The average molecular weight is 332 g/mol.